The largest absolute Gasteiger partial charge is 0.248 e. The van der Waals surface area contributed by atoms with Gasteiger partial charge in [0, 0.05) is 21.8 Å². The van der Waals surface area contributed by atoms with Gasteiger partial charge >= 0.3 is 0 Å². The Morgan fingerprint density at radius 3 is 1.13 bits per heavy atom. The Hall–Kier alpha value is -7.09. The van der Waals surface area contributed by atoms with Crippen LogP contribution in [0.4, 0.5) is 0 Å². The molecule has 2 aliphatic rings. The van der Waals surface area contributed by atoms with Crippen molar-refractivity contribution in [2.45, 2.75) is 90.4 Å². The van der Waals surface area contributed by atoms with Gasteiger partial charge in [-0.3, -0.25) is 0 Å². The maximum Gasteiger partial charge on any atom is 0.0709 e. The highest BCUT2D eigenvalue weighted by molar-refractivity contribution is 5.95. The van der Waals surface area contributed by atoms with E-state index in [1.54, 1.807) is 0 Å². The van der Waals surface area contributed by atoms with Gasteiger partial charge in [-0.15, -0.1) is 0 Å². The molecule has 0 radical (unpaired) electrons. The van der Waals surface area contributed by atoms with Crippen molar-refractivity contribution in [3.63, 3.8) is 0 Å². The van der Waals surface area contributed by atoms with Crippen LogP contribution in [-0.2, 0) is 16.2 Å². The number of benzene rings is 9. The molecular weight excluding hydrogens is 819 g/mol. The first kappa shape index (κ1) is 42.3. The molecule has 2 aliphatic carbocycles. The maximum atomic E-state index is 5.10. The average Bonchev–Trinajstić information content (AvgIpc) is 3.82. The molecule has 0 N–H and O–H groups in total. The summed E-state index contributed by atoms with van der Waals surface area (Å²) >= 11 is 0. The summed E-state index contributed by atoms with van der Waals surface area (Å²) in [7, 11) is 0. The average molecular weight is 878 g/mol. The van der Waals surface area contributed by atoms with Gasteiger partial charge in [0.1, 0.15) is 0 Å². The van der Waals surface area contributed by atoms with Crippen LogP contribution in [0.5, 0.6) is 0 Å². The van der Waals surface area contributed by atoms with Gasteiger partial charge in [-0.25, -0.2) is 4.98 Å². The summed E-state index contributed by atoms with van der Waals surface area (Å²) in [5.74, 6) is 0. The lowest BCUT2D eigenvalue weighted by molar-refractivity contribution is 0.490. The number of hydrogen-bond donors (Lipinski definition) is 0. The zero-order valence-corrected chi connectivity index (χ0v) is 40.6. The number of hydrogen-bond acceptors (Lipinski definition) is 1. The number of para-hydroxylation sites is 1. The Morgan fingerprint density at radius 2 is 0.691 bits per heavy atom. The van der Waals surface area contributed by atoms with Crippen LogP contribution in [-0.4, -0.2) is 4.98 Å². The Bertz CT molecular complexity index is 3660. The Morgan fingerprint density at radius 1 is 0.338 bits per heavy atom. The minimum atomic E-state index is -0.0627. The van der Waals surface area contributed by atoms with Crippen molar-refractivity contribution in [2.24, 2.45) is 0 Å². The van der Waals surface area contributed by atoms with E-state index in [-0.39, 0.29) is 16.2 Å². The fraction of sp³-hybridized carbons (Fsp3) is 0.209. The Labute approximate surface area is 402 Å². The molecule has 1 nitrogen and oxygen atoms in total. The van der Waals surface area contributed by atoms with Gasteiger partial charge in [-0.2, -0.15) is 0 Å². The quantitative estimate of drug-likeness (QED) is 0.148. The van der Waals surface area contributed by atoms with E-state index in [9.17, 15) is 0 Å². The van der Waals surface area contributed by atoms with Crippen LogP contribution >= 0.6 is 0 Å². The molecule has 0 spiro atoms. The monoisotopic (exact) mass is 877 g/mol. The van der Waals surface area contributed by atoms with Gasteiger partial charge < -0.3 is 0 Å². The van der Waals surface area contributed by atoms with Gasteiger partial charge in [0.2, 0.25) is 0 Å². The summed E-state index contributed by atoms with van der Waals surface area (Å²) in [5, 5.41) is 6.28. The minimum Gasteiger partial charge on any atom is -0.248 e. The van der Waals surface area contributed by atoms with Crippen molar-refractivity contribution in [1.82, 2.24) is 4.98 Å². The van der Waals surface area contributed by atoms with Crippen LogP contribution in [0.15, 0.2) is 182 Å². The van der Waals surface area contributed by atoms with Gasteiger partial charge in [-0.1, -0.05) is 176 Å². The Balaban J connectivity index is 0.859. The van der Waals surface area contributed by atoms with Crippen molar-refractivity contribution < 1.29 is 0 Å². The highest BCUT2D eigenvalue weighted by Gasteiger charge is 2.43. The summed E-state index contributed by atoms with van der Waals surface area (Å²) in [6.45, 7) is 16.4. The molecule has 0 fully saturated rings. The second-order valence-corrected chi connectivity index (χ2v) is 20.8. The first-order valence-corrected chi connectivity index (χ1v) is 25.1. The fourth-order valence-electron chi connectivity index (χ4n) is 12.4. The third-order valence-corrected chi connectivity index (χ3v) is 16.6. The molecule has 1 heteroatoms. The number of fused-ring (bicyclic) bond motifs is 9. The first-order valence-electron chi connectivity index (χ1n) is 25.1. The van der Waals surface area contributed by atoms with Crippen molar-refractivity contribution >= 4 is 32.4 Å². The number of aromatic nitrogens is 1. The summed E-state index contributed by atoms with van der Waals surface area (Å²) in [6, 6.07) is 69.5. The second-order valence-electron chi connectivity index (χ2n) is 20.8. The van der Waals surface area contributed by atoms with E-state index in [0.717, 1.165) is 36.9 Å². The third-order valence-electron chi connectivity index (χ3n) is 16.6. The molecule has 12 rings (SSSR count). The van der Waals surface area contributed by atoms with E-state index in [2.05, 4.69) is 230 Å². The molecule has 0 amide bonds. The Kier molecular flexibility index (Phi) is 9.79. The molecule has 0 atom stereocenters. The molecule has 1 heterocycles. The lowest BCUT2D eigenvalue weighted by Crippen LogP contribution is -2.23. The molecule has 332 valence electrons. The molecule has 0 unspecified atom stereocenters. The molecule has 0 aliphatic heterocycles. The minimum absolute atomic E-state index is 0.0621. The van der Waals surface area contributed by atoms with E-state index < -0.39 is 0 Å². The van der Waals surface area contributed by atoms with Crippen molar-refractivity contribution in [3.05, 3.63) is 210 Å². The van der Waals surface area contributed by atoms with Crippen molar-refractivity contribution in [2.75, 3.05) is 0 Å². The third kappa shape index (κ3) is 6.46. The highest BCUT2D eigenvalue weighted by atomic mass is 14.7. The predicted octanol–water partition coefficient (Wildman–Crippen LogP) is 18.7. The number of pyridine rings is 1. The normalized spacial score (nSPS) is 14.3. The molecule has 0 bridgehead atoms. The molecule has 68 heavy (non-hydrogen) atoms. The van der Waals surface area contributed by atoms with E-state index in [1.165, 1.54) is 116 Å². The van der Waals surface area contributed by atoms with Crippen LogP contribution < -0.4 is 0 Å². The number of nitrogens with zero attached hydrogens (tertiary/aromatic N) is 1. The van der Waals surface area contributed by atoms with Crippen LogP contribution in [0, 0.1) is 0 Å². The fourth-order valence-corrected chi connectivity index (χ4v) is 12.4. The van der Waals surface area contributed by atoms with Gasteiger partial charge in [0.15, 0.2) is 0 Å². The smallest absolute Gasteiger partial charge is 0.0709 e. The van der Waals surface area contributed by atoms with Gasteiger partial charge in [-0.05, 0) is 191 Å². The first-order chi connectivity index (χ1) is 33.0. The van der Waals surface area contributed by atoms with Gasteiger partial charge in [0.05, 0.1) is 11.2 Å². The lowest BCUT2D eigenvalue weighted by atomic mass is 9.72. The van der Waals surface area contributed by atoms with Crippen LogP contribution in [0.3, 0.4) is 0 Å². The van der Waals surface area contributed by atoms with Crippen LogP contribution in [0.25, 0.3) is 99.3 Å². The highest BCUT2D eigenvalue weighted by Crippen LogP contribution is 2.57. The summed E-state index contributed by atoms with van der Waals surface area (Å²) in [5.41, 5.74) is 23.6. The number of rotatable bonds is 8. The van der Waals surface area contributed by atoms with E-state index in [1.807, 2.05) is 0 Å². The summed E-state index contributed by atoms with van der Waals surface area (Å²) in [4.78, 5) is 5.10. The molecule has 9 aromatic carbocycles. The topological polar surface area (TPSA) is 12.9 Å². The summed E-state index contributed by atoms with van der Waals surface area (Å²) < 4.78 is 0. The van der Waals surface area contributed by atoms with Gasteiger partial charge in [0.25, 0.3) is 0 Å². The molecule has 0 saturated heterocycles. The van der Waals surface area contributed by atoms with E-state index in [4.69, 9.17) is 4.98 Å². The van der Waals surface area contributed by atoms with Crippen LogP contribution in [0.1, 0.15) is 102 Å². The molecular formula is C67H59N. The van der Waals surface area contributed by atoms with E-state index in [0.29, 0.717) is 0 Å². The maximum absolute atomic E-state index is 5.10. The molecule has 1 aromatic heterocycles. The van der Waals surface area contributed by atoms with E-state index >= 15 is 0 Å². The van der Waals surface area contributed by atoms with Crippen LogP contribution in [0.2, 0.25) is 0 Å². The van der Waals surface area contributed by atoms with Crippen molar-refractivity contribution in [3.8, 4) is 66.9 Å². The zero-order valence-electron chi connectivity index (χ0n) is 40.6. The zero-order chi connectivity index (χ0) is 46.5. The van der Waals surface area contributed by atoms with Crippen molar-refractivity contribution in [1.29, 1.82) is 0 Å². The molecule has 0 saturated carbocycles. The second kappa shape index (κ2) is 15.7. The lowest BCUT2D eigenvalue weighted by Gasteiger charge is -2.31. The summed E-state index contributed by atoms with van der Waals surface area (Å²) in [6.07, 6.45) is 4.18. The SMILES string of the molecule is CCC1(CC)c2cc(-c3ccc4c(c3)C(CC)(CC)c3cc(-c5ccc6ccccc6n5)ccc3-4)ccc2-c2ccc(-c3ccc4cc(-c5ccc6cc(C(C)(C)C)ccc6c5)ccc4c3)cc21. The standard InChI is InChI=1S/C67H59N/c1-8-66(9-2)59-38-50(47-19-18-44-34-43(16-17-45(44)35-47)46-20-21-49-37-54(65(5,6)7)28-22-48(49)36-46)23-29-55(59)56-30-24-51(39-60(56)66)52-25-31-57-58-32-26-53(41-62(58)67(10-3,11-4)61(57)40-52)64-33-27-42-14-12-13-15-63(42)68-64/h12-41H,8-11H2,1-7H3. The molecule has 10 aromatic rings. The predicted molar refractivity (Wildman–Crippen MR) is 291 cm³/mol.